The van der Waals surface area contributed by atoms with Crippen molar-refractivity contribution < 1.29 is 4.42 Å². The molecule has 0 saturated carbocycles. The van der Waals surface area contributed by atoms with Crippen LogP contribution in [0.4, 0.5) is 0 Å². The van der Waals surface area contributed by atoms with E-state index in [9.17, 15) is 0 Å². The molecule has 0 bridgehead atoms. The number of hydrogen-bond donors (Lipinski definition) is 1. The van der Waals surface area contributed by atoms with Gasteiger partial charge in [-0.25, -0.2) is 0 Å². The van der Waals surface area contributed by atoms with Gasteiger partial charge >= 0.3 is 0 Å². The Bertz CT molecular complexity index is 244. The molecule has 1 unspecified atom stereocenters. The topological polar surface area (TPSA) is 16.4 Å². The van der Waals surface area contributed by atoms with Gasteiger partial charge < -0.3 is 4.42 Å². The maximum Gasteiger partial charge on any atom is 0.117 e. The average Bonchev–Trinajstić information content (AvgIpc) is 2.76. The highest BCUT2D eigenvalue weighted by atomic mass is 32.1. The quantitative estimate of drug-likeness (QED) is 0.721. The highest BCUT2D eigenvalue weighted by Gasteiger charge is 2.11. The van der Waals surface area contributed by atoms with E-state index in [1.807, 2.05) is 12.1 Å². The van der Waals surface area contributed by atoms with Gasteiger partial charge in [-0.3, -0.25) is 4.90 Å². The number of thiol groups is 1. The predicted octanol–water partition coefficient (Wildman–Crippen LogP) is 3.06. The van der Waals surface area contributed by atoms with Crippen molar-refractivity contribution in [3.05, 3.63) is 24.2 Å². The molecule has 86 valence electrons. The van der Waals surface area contributed by atoms with E-state index < -0.39 is 0 Å². The van der Waals surface area contributed by atoms with Crippen LogP contribution in [-0.4, -0.2) is 23.7 Å². The Kier molecular flexibility index (Phi) is 5.88. The average molecular weight is 227 g/mol. The zero-order valence-corrected chi connectivity index (χ0v) is 10.5. The lowest BCUT2D eigenvalue weighted by molar-refractivity contribution is 0.222. The zero-order chi connectivity index (χ0) is 11.1. The second-order valence-electron chi connectivity index (χ2n) is 3.86. The summed E-state index contributed by atoms with van der Waals surface area (Å²) in [5.41, 5.74) is 0. The van der Waals surface area contributed by atoms with Crippen molar-refractivity contribution in [2.24, 2.45) is 5.92 Å². The van der Waals surface area contributed by atoms with Gasteiger partial charge in [0.1, 0.15) is 5.76 Å². The van der Waals surface area contributed by atoms with Crippen molar-refractivity contribution in [2.75, 3.05) is 18.8 Å². The fourth-order valence-electron chi connectivity index (χ4n) is 1.61. The molecule has 0 radical (unpaired) electrons. The summed E-state index contributed by atoms with van der Waals surface area (Å²) in [6, 6.07) is 3.98. The number of nitrogens with zero attached hydrogens (tertiary/aromatic N) is 1. The monoisotopic (exact) mass is 227 g/mol. The lowest BCUT2D eigenvalue weighted by Gasteiger charge is -2.23. The van der Waals surface area contributed by atoms with Gasteiger partial charge in [0.2, 0.25) is 0 Å². The Morgan fingerprint density at radius 2 is 2.27 bits per heavy atom. The van der Waals surface area contributed by atoms with E-state index in [-0.39, 0.29) is 0 Å². The molecule has 0 saturated heterocycles. The Morgan fingerprint density at radius 1 is 1.47 bits per heavy atom. The van der Waals surface area contributed by atoms with Crippen LogP contribution >= 0.6 is 12.6 Å². The molecular weight excluding hydrogens is 206 g/mol. The SMILES string of the molecule is CCC(CS)CN(CC)Cc1ccco1. The number of rotatable bonds is 7. The zero-order valence-electron chi connectivity index (χ0n) is 9.65. The van der Waals surface area contributed by atoms with Gasteiger partial charge in [0.15, 0.2) is 0 Å². The molecule has 0 spiro atoms. The fourth-order valence-corrected chi connectivity index (χ4v) is 1.98. The number of hydrogen-bond acceptors (Lipinski definition) is 3. The summed E-state index contributed by atoms with van der Waals surface area (Å²) >= 11 is 4.37. The van der Waals surface area contributed by atoms with Crippen LogP contribution in [-0.2, 0) is 6.54 Å². The summed E-state index contributed by atoms with van der Waals surface area (Å²) in [4.78, 5) is 2.41. The molecule has 0 amide bonds. The first-order chi connectivity index (χ1) is 7.30. The van der Waals surface area contributed by atoms with Crippen molar-refractivity contribution in [1.82, 2.24) is 4.90 Å². The lowest BCUT2D eigenvalue weighted by Crippen LogP contribution is -2.29. The highest BCUT2D eigenvalue weighted by molar-refractivity contribution is 7.80. The molecule has 1 rings (SSSR count). The Balaban J connectivity index is 2.42. The summed E-state index contributed by atoms with van der Waals surface area (Å²) in [5.74, 6) is 2.69. The van der Waals surface area contributed by atoms with Gasteiger partial charge in [0.05, 0.1) is 12.8 Å². The summed E-state index contributed by atoms with van der Waals surface area (Å²) in [5, 5.41) is 0. The molecule has 3 heteroatoms. The van der Waals surface area contributed by atoms with Crippen LogP contribution < -0.4 is 0 Å². The minimum Gasteiger partial charge on any atom is -0.468 e. The van der Waals surface area contributed by atoms with Crippen molar-refractivity contribution in [1.29, 1.82) is 0 Å². The van der Waals surface area contributed by atoms with Crippen LogP contribution in [0.5, 0.6) is 0 Å². The van der Waals surface area contributed by atoms with Gasteiger partial charge in [0.25, 0.3) is 0 Å². The standard InChI is InChI=1S/C12H21NOS/c1-3-11(10-15)8-13(4-2)9-12-6-5-7-14-12/h5-7,11,15H,3-4,8-10H2,1-2H3. The van der Waals surface area contributed by atoms with E-state index in [2.05, 4.69) is 31.4 Å². The van der Waals surface area contributed by atoms with Gasteiger partial charge in [-0.1, -0.05) is 20.3 Å². The largest absolute Gasteiger partial charge is 0.468 e. The van der Waals surface area contributed by atoms with Crippen molar-refractivity contribution in [3.8, 4) is 0 Å². The molecule has 0 N–H and O–H groups in total. The molecule has 1 aromatic heterocycles. The maximum absolute atomic E-state index is 5.35. The van der Waals surface area contributed by atoms with Crippen LogP contribution in [0.25, 0.3) is 0 Å². The second kappa shape index (κ2) is 6.96. The molecule has 1 heterocycles. The molecular formula is C12H21NOS. The minimum absolute atomic E-state index is 0.684. The van der Waals surface area contributed by atoms with Crippen LogP contribution in [0.3, 0.4) is 0 Å². The Hall–Kier alpha value is -0.410. The third-order valence-corrected chi connectivity index (χ3v) is 3.28. The molecule has 2 nitrogen and oxygen atoms in total. The lowest BCUT2D eigenvalue weighted by atomic mass is 10.1. The second-order valence-corrected chi connectivity index (χ2v) is 4.23. The highest BCUT2D eigenvalue weighted by Crippen LogP contribution is 2.11. The van der Waals surface area contributed by atoms with Crippen LogP contribution in [0, 0.1) is 5.92 Å². The molecule has 1 aromatic rings. The third kappa shape index (κ3) is 4.31. The van der Waals surface area contributed by atoms with E-state index in [0.29, 0.717) is 5.92 Å². The van der Waals surface area contributed by atoms with Crippen molar-refractivity contribution >= 4 is 12.6 Å². The van der Waals surface area contributed by atoms with E-state index in [4.69, 9.17) is 4.42 Å². The van der Waals surface area contributed by atoms with Crippen molar-refractivity contribution in [2.45, 2.75) is 26.8 Å². The maximum atomic E-state index is 5.35. The van der Waals surface area contributed by atoms with E-state index in [1.165, 1.54) is 6.42 Å². The van der Waals surface area contributed by atoms with E-state index >= 15 is 0 Å². The van der Waals surface area contributed by atoms with Crippen LogP contribution in [0.15, 0.2) is 22.8 Å². The molecule has 15 heavy (non-hydrogen) atoms. The third-order valence-electron chi connectivity index (χ3n) is 2.76. The molecule has 0 aromatic carbocycles. The first-order valence-corrected chi connectivity index (χ1v) is 6.29. The molecule has 0 fully saturated rings. The van der Waals surface area contributed by atoms with E-state index in [1.54, 1.807) is 6.26 Å². The molecule has 0 aliphatic heterocycles. The molecule has 1 atom stereocenters. The van der Waals surface area contributed by atoms with Crippen LogP contribution in [0.1, 0.15) is 26.0 Å². The summed E-state index contributed by atoms with van der Waals surface area (Å²) in [7, 11) is 0. The van der Waals surface area contributed by atoms with Crippen LogP contribution in [0.2, 0.25) is 0 Å². The minimum atomic E-state index is 0.684. The fraction of sp³-hybridized carbons (Fsp3) is 0.667. The molecule has 0 aliphatic carbocycles. The predicted molar refractivity (Wildman–Crippen MR) is 67.3 cm³/mol. The summed E-state index contributed by atoms with van der Waals surface area (Å²) < 4.78 is 5.35. The molecule has 0 aliphatic rings. The Labute approximate surface area is 98.1 Å². The summed E-state index contributed by atoms with van der Waals surface area (Å²) in [6.07, 6.45) is 2.93. The normalized spacial score (nSPS) is 13.3. The van der Waals surface area contributed by atoms with Gasteiger partial charge in [-0.05, 0) is 30.3 Å². The van der Waals surface area contributed by atoms with Gasteiger partial charge in [0, 0.05) is 6.54 Å². The summed E-state index contributed by atoms with van der Waals surface area (Å²) in [6.45, 7) is 7.49. The first-order valence-electron chi connectivity index (χ1n) is 5.65. The van der Waals surface area contributed by atoms with Gasteiger partial charge in [-0.15, -0.1) is 0 Å². The smallest absolute Gasteiger partial charge is 0.117 e. The van der Waals surface area contributed by atoms with E-state index in [0.717, 1.165) is 31.1 Å². The Morgan fingerprint density at radius 3 is 2.73 bits per heavy atom. The van der Waals surface area contributed by atoms with Crippen molar-refractivity contribution in [3.63, 3.8) is 0 Å². The number of furan rings is 1. The van der Waals surface area contributed by atoms with Gasteiger partial charge in [-0.2, -0.15) is 12.6 Å². The first kappa shape index (κ1) is 12.7.